The Morgan fingerprint density at radius 3 is 2.05 bits per heavy atom. The molecule has 0 spiro atoms. The summed E-state index contributed by atoms with van der Waals surface area (Å²) in [7, 11) is 0. The average Bonchev–Trinajstić information content (AvgIpc) is 3.65. The summed E-state index contributed by atoms with van der Waals surface area (Å²) in [5, 5.41) is 10.7. The van der Waals surface area contributed by atoms with E-state index in [1.165, 1.54) is 91.4 Å². The molecular weight excluding hydrogens is 549 g/mol. The van der Waals surface area contributed by atoms with Crippen molar-refractivity contribution < 1.29 is 0 Å². The molecule has 9 aromatic rings. The second kappa shape index (κ2) is 9.13. The van der Waals surface area contributed by atoms with Gasteiger partial charge in [0.1, 0.15) is 0 Å². The molecule has 1 heterocycles. The van der Waals surface area contributed by atoms with Crippen LogP contribution in [0, 0.1) is 0 Å². The number of rotatable bonds is 2. The highest BCUT2D eigenvalue weighted by Crippen LogP contribution is 2.57. The average molecular weight is 575 g/mol. The van der Waals surface area contributed by atoms with Crippen LogP contribution in [0.3, 0.4) is 0 Å². The van der Waals surface area contributed by atoms with Gasteiger partial charge in [-0.25, -0.2) is 0 Å². The number of fused-ring (bicyclic) bond motifs is 13. The fourth-order valence-corrected chi connectivity index (χ4v) is 9.18. The summed E-state index contributed by atoms with van der Waals surface area (Å²) in [5.74, 6) is 0.132. The maximum absolute atomic E-state index is 2.50. The molecule has 44 heavy (non-hydrogen) atoms. The van der Waals surface area contributed by atoms with E-state index in [0.717, 1.165) is 0 Å². The Bertz CT molecular complexity index is 2600. The molecule has 8 aromatic carbocycles. The van der Waals surface area contributed by atoms with Crippen molar-refractivity contribution >= 4 is 63.8 Å². The van der Waals surface area contributed by atoms with Gasteiger partial charge in [-0.1, -0.05) is 133 Å². The van der Waals surface area contributed by atoms with Gasteiger partial charge in [0.05, 0.1) is 0 Å². The van der Waals surface area contributed by atoms with Gasteiger partial charge in [-0.2, -0.15) is 0 Å². The standard InChI is InChI=1S/C43H26S/c1-2-12-26(13-3-1)36-24-28(25-37-29-15-5-4-14-27(29)22-23-30(36)37)39-31-16-6-7-17-32(31)40-33-18-8-9-19-34(33)41-35-20-10-11-21-38(35)44-43(41)42(39)40/h1-25,39H. The van der Waals surface area contributed by atoms with Crippen LogP contribution < -0.4 is 0 Å². The van der Waals surface area contributed by atoms with E-state index >= 15 is 0 Å². The third kappa shape index (κ3) is 3.28. The van der Waals surface area contributed by atoms with Crippen LogP contribution in [-0.4, -0.2) is 0 Å². The normalized spacial score (nSPS) is 14.1. The Hall–Kier alpha value is -5.24. The molecule has 204 valence electrons. The SMILES string of the molecule is c1ccc(-c2cc(C3c4ccccc4-c4c3c3sc5ccccc5c3c3ccccc43)cc3c2ccc2ccccc23)cc1. The number of thiophene rings is 1. The molecule has 1 aliphatic carbocycles. The smallest absolute Gasteiger partial charge is 0.0409 e. The molecule has 0 saturated carbocycles. The van der Waals surface area contributed by atoms with Crippen LogP contribution >= 0.6 is 11.3 Å². The van der Waals surface area contributed by atoms with Gasteiger partial charge in [0.2, 0.25) is 0 Å². The van der Waals surface area contributed by atoms with Crippen LogP contribution in [0.2, 0.25) is 0 Å². The maximum atomic E-state index is 2.50. The molecule has 0 fully saturated rings. The van der Waals surface area contributed by atoms with E-state index in [0.29, 0.717) is 0 Å². The third-order valence-corrected chi connectivity index (χ3v) is 10.9. The highest BCUT2D eigenvalue weighted by molar-refractivity contribution is 7.26. The molecule has 10 rings (SSSR count). The minimum atomic E-state index is 0.132. The van der Waals surface area contributed by atoms with Gasteiger partial charge in [0.15, 0.2) is 0 Å². The van der Waals surface area contributed by atoms with E-state index in [1.54, 1.807) is 0 Å². The molecule has 0 bridgehead atoms. The topological polar surface area (TPSA) is 0 Å². The quantitative estimate of drug-likeness (QED) is 0.180. The molecule has 0 aliphatic heterocycles. The van der Waals surface area contributed by atoms with Crippen molar-refractivity contribution in [3.63, 3.8) is 0 Å². The summed E-state index contributed by atoms with van der Waals surface area (Å²) in [6.45, 7) is 0. The predicted molar refractivity (Wildman–Crippen MR) is 190 cm³/mol. The van der Waals surface area contributed by atoms with Gasteiger partial charge >= 0.3 is 0 Å². The highest BCUT2D eigenvalue weighted by atomic mass is 32.1. The summed E-state index contributed by atoms with van der Waals surface area (Å²) in [4.78, 5) is 0. The summed E-state index contributed by atoms with van der Waals surface area (Å²) in [5.41, 5.74) is 9.53. The van der Waals surface area contributed by atoms with Crippen molar-refractivity contribution in [3.05, 3.63) is 168 Å². The Morgan fingerprint density at radius 2 is 1.16 bits per heavy atom. The molecule has 0 amide bonds. The molecule has 1 unspecified atom stereocenters. The number of benzene rings is 8. The Kier molecular flexibility index (Phi) is 5.03. The second-order valence-electron chi connectivity index (χ2n) is 12.0. The van der Waals surface area contributed by atoms with E-state index < -0.39 is 0 Å². The lowest BCUT2D eigenvalue weighted by Gasteiger charge is -2.20. The van der Waals surface area contributed by atoms with Crippen LogP contribution in [0.4, 0.5) is 0 Å². The summed E-state index contributed by atoms with van der Waals surface area (Å²) in [6, 6.07) is 56.5. The van der Waals surface area contributed by atoms with Gasteiger partial charge in [0.25, 0.3) is 0 Å². The van der Waals surface area contributed by atoms with Crippen molar-refractivity contribution in [3.8, 4) is 22.3 Å². The fourth-order valence-electron chi connectivity index (χ4n) is 7.89. The van der Waals surface area contributed by atoms with Crippen molar-refractivity contribution in [2.75, 3.05) is 0 Å². The first-order chi connectivity index (χ1) is 21.8. The summed E-state index contributed by atoms with van der Waals surface area (Å²) >= 11 is 1.96. The lowest BCUT2D eigenvalue weighted by Crippen LogP contribution is -2.01. The second-order valence-corrected chi connectivity index (χ2v) is 13.0. The Balaban J connectivity index is 1.39. The molecular formula is C43H26S. The lowest BCUT2D eigenvalue weighted by molar-refractivity contribution is 1.03. The first-order valence-corrected chi connectivity index (χ1v) is 16.1. The summed E-state index contributed by atoms with van der Waals surface area (Å²) < 4.78 is 2.77. The number of hydrogen-bond acceptors (Lipinski definition) is 1. The zero-order valence-corrected chi connectivity index (χ0v) is 24.7. The zero-order chi connectivity index (χ0) is 28.8. The van der Waals surface area contributed by atoms with Crippen LogP contribution in [-0.2, 0) is 0 Å². The fraction of sp³-hybridized carbons (Fsp3) is 0.0233. The molecule has 1 aliphatic rings. The predicted octanol–water partition coefficient (Wildman–Crippen LogP) is 12.3. The lowest BCUT2D eigenvalue weighted by atomic mass is 9.83. The third-order valence-electron chi connectivity index (χ3n) is 9.71. The largest absolute Gasteiger partial charge is 0.135 e. The Morgan fingerprint density at radius 1 is 0.455 bits per heavy atom. The van der Waals surface area contributed by atoms with E-state index in [9.17, 15) is 0 Å². The van der Waals surface area contributed by atoms with Crippen molar-refractivity contribution in [2.45, 2.75) is 5.92 Å². The molecule has 0 radical (unpaired) electrons. The van der Waals surface area contributed by atoms with Gasteiger partial charge in [0, 0.05) is 26.1 Å². The van der Waals surface area contributed by atoms with E-state index in [-0.39, 0.29) is 5.92 Å². The Labute approximate surface area is 259 Å². The van der Waals surface area contributed by atoms with E-state index in [4.69, 9.17) is 0 Å². The zero-order valence-electron chi connectivity index (χ0n) is 23.9. The molecule has 1 aromatic heterocycles. The van der Waals surface area contributed by atoms with Gasteiger partial charge in [-0.3, -0.25) is 0 Å². The maximum Gasteiger partial charge on any atom is 0.0409 e. The highest BCUT2D eigenvalue weighted by Gasteiger charge is 2.35. The summed E-state index contributed by atoms with van der Waals surface area (Å²) in [6.07, 6.45) is 0. The van der Waals surface area contributed by atoms with Crippen molar-refractivity contribution in [2.24, 2.45) is 0 Å². The van der Waals surface area contributed by atoms with Gasteiger partial charge in [-0.05, 0) is 89.5 Å². The molecule has 0 saturated heterocycles. The van der Waals surface area contributed by atoms with E-state index in [2.05, 4.69) is 152 Å². The van der Waals surface area contributed by atoms with E-state index in [1.807, 2.05) is 11.3 Å². The number of hydrogen-bond donors (Lipinski definition) is 0. The minimum absolute atomic E-state index is 0.132. The van der Waals surface area contributed by atoms with Crippen LogP contribution in [0.1, 0.15) is 22.6 Å². The van der Waals surface area contributed by atoms with Crippen molar-refractivity contribution in [1.82, 2.24) is 0 Å². The van der Waals surface area contributed by atoms with Gasteiger partial charge in [-0.15, -0.1) is 11.3 Å². The molecule has 1 atom stereocenters. The first-order valence-electron chi connectivity index (χ1n) is 15.3. The van der Waals surface area contributed by atoms with Gasteiger partial charge < -0.3 is 0 Å². The molecule has 0 nitrogen and oxygen atoms in total. The van der Waals surface area contributed by atoms with Crippen LogP contribution in [0.25, 0.3) is 74.7 Å². The van der Waals surface area contributed by atoms with Crippen LogP contribution in [0.5, 0.6) is 0 Å². The minimum Gasteiger partial charge on any atom is -0.135 e. The molecule has 1 heteroatoms. The van der Waals surface area contributed by atoms with Crippen molar-refractivity contribution in [1.29, 1.82) is 0 Å². The van der Waals surface area contributed by atoms with Crippen LogP contribution in [0.15, 0.2) is 152 Å². The monoisotopic (exact) mass is 574 g/mol. The first kappa shape index (κ1) is 24.2. The molecule has 0 N–H and O–H groups in total.